The summed E-state index contributed by atoms with van der Waals surface area (Å²) in [7, 11) is 0. The largest absolute Gasteiger partial charge is 0.351 e. The maximum absolute atomic E-state index is 12.8. The minimum absolute atomic E-state index is 0.0226. The van der Waals surface area contributed by atoms with Gasteiger partial charge >= 0.3 is 0 Å². The van der Waals surface area contributed by atoms with Gasteiger partial charge in [-0.2, -0.15) is 0 Å². The number of carbonyl (C=O) groups excluding carboxylic acids is 2. The molecule has 2 aromatic rings. The Morgan fingerprint density at radius 1 is 1.22 bits per heavy atom. The number of aryl methyl sites for hydroxylation is 1. The molecular formula is C19H21ClN4O3. The Morgan fingerprint density at radius 2 is 1.96 bits per heavy atom. The third-order valence-corrected chi connectivity index (χ3v) is 5.64. The SMILES string of the molecule is Cc1nonc1CC(=O)NC1CN(C(=O)c2ccc(Cl)cc2)CC1C1CC1. The highest BCUT2D eigenvalue weighted by Gasteiger charge is 2.44. The third-order valence-electron chi connectivity index (χ3n) is 5.39. The number of rotatable bonds is 5. The van der Waals surface area contributed by atoms with Crippen molar-refractivity contribution in [3.8, 4) is 0 Å². The fraction of sp³-hybridized carbons (Fsp3) is 0.474. The van der Waals surface area contributed by atoms with Crippen LogP contribution in [0.4, 0.5) is 0 Å². The summed E-state index contributed by atoms with van der Waals surface area (Å²) in [5.74, 6) is 0.728. The zero-order chi connectivity index (χ0) is 19.0. The smallest absolute Gasteiger partial charge is 0.253 e. The maximum atomic E-state index is 12.8. The van der Waals surface area contributed by atoms with E-state index in [2.05, 4.69) is 20.3 Å². The zero-order valence-corrected chi connectivity index (χ0v) is 15.8. The number of nitrogens with zero attached hydrogens (tertiary/aromatic N) is 3. The second kappa shape index (κ2) is 7.31. The van der Waals surface area contributed by atoms with Crippen molar-refractivity contribution in [2.24, 2.45) is 11.8 Å². The maximum Gasteiger partial charge on any atom is 0.253 e. The fourth-order valence-corrected chi connectivity index (χ4v) is 3.87. The number of benzene rings is 1. The summed E-state index contributed by atoms with van der Waals surface area (Å²) in [5, 5.41) is 11.2. The highest BCUT2D eigenvalue weighted by molar-refractivity contribution is 6.30. The van der Waals surface area contributed by atoms with Gasteiger partial charge in [0, 0.05) is 29.6 Å². The summed E-state index contributed by atoms with van der Waals surface area (Å²) in [6.07, 6.45) is 2.45. The minimum Gasteiger partial charge on any atom is -0.351 e. The summed E-state index contributed by atoms with van der Waals surface area (Å²) in [6.45, 7) is 2.94. The van der Waals surface area contributed by atoms with Crippen LogP contribution >= 0.6 is 11.6 Å². The normalized spacial score (nSPS) is 22.1. The number of amides is 2. The van der Waals surface area contributed by atoms with Crippen molar-refractivity contribution in [2.75, 3.05) is 13.1 Å². The molecule has 0 radical (unpaired) electrons. The van der Waals surface area contributed by atoms with Crippen molar-refractivity contribution < 1.29 is 14.2 Å². The number of carbonyl (C=O) groups is 2. The lowest BCUT2D eigenvalue weighted by atomic mass is 9.98. The average Bonchev–Trinajstić information content (AvgIpc) is 3.29. The fourth-order valence-electron chi connectivity index (χ4n) is 3.74. The quantitative estimate of drug-likeness (QED) is 0.848. The van der Waals surface area contributed by atoms with E-state index < -0.39 is 0 Å². The van der Waals surface area contributed by atoms with Crippen LogP contribution in [0, 0.1) is 18.8 Å². The highest BCUT2D eigenvalue weighted by atomic mass is 35.5. The van der Waals surface area contributed by atoms with Gasteiger partial charge in [0.05, 0.1) is 12.5 Å². The minimum atomic E-state index is -0.120. The molecule has 1 aromatic heterocycles. The van der Waals surface area contributed by atoms with Gasteiger partial charge in [0.25, 0.3) is 5.91 Å². The van der Waals surface area contributed by atoms with Crippen LogP contribution in [-0.4, -0.2) is 46.2 Å². The van der Waals surface area contributed by atoms with E-state index in [1.54, 1.807) is 31.2 Å². The van der Waals surface area contributed by atoms with Gasteiger partial charge in [0.2, 0.25) is 5.91 Å². The molecule has 2 fully saturated rings. The molecule has 1 N–H and O–H groups in total. The monoisotopic (exact) mass is 388 g/mol. The van der Waals surface area contributed by atoms with E-state index in [4.69, 9.17) is 11.6 Å². The first-order valence-electron chi connectivity index (χ1n) is 9.13. The summed E-state index contributed by atoms with van der Waals surface area (Å²) >= 11 is 5.91. The number of hydrogen-bond donors (Lipinski definition) is 1. The highest BCUT2D eigenvalue weighted by Crippen LogP contribution is 2.41. The van der Waals surface area contributed by atoms with Gasteiger partial charge < -0.3 is 10.2 Å². The van der Waals surface area contributed by atoms with E-state index in [0.29, 0.717) is 46.9 Å². The van der Waals surface area contributed by atoms with Crippen LogP contribution in [0.15, 0.2) is 28.9 Å². The molecule has 1 aliphatic carbocycles. The number of nitrogens with one attached hydrogen (secondary N) is 1. The van der Waals surface area contributed by atoms with Gasteiger partial charge in [0.1, 0.15) is 11.4 Å². The zero-order valence-electron chi connectivity index (χ0n) is 15.0. The predicted molar refractivity (Wildman–Crippen MR) is 98.2 cm³/mol. The van der Waals surface area contributed by atoms with Crippen molar-refractivity contribution in [2.45, 2.75) is 32.2 Å². The Labute approximate surface area is 162 Å². The third kappa shape index (κ3) is 3.98. The molecular weight excluding hydrogens is 368 g/mol. The van der Waals surface area contributed by atoms with Gasteiger partial charge in [0.15, 0.2) is 0 Å². The first-order valence-corrected chi connectivity index (χ1v) is 9.51. The molecule has 1 saturated carbocycles. The predicted octanol–water partition coefficient (Wildman–Crippen LogP) is 2.24. The molecule has 2 unspecified atom stereocenters. The lowest BCUT2D eigenvalue weighted by Crippen LogP contribution is -2.42. The summed E-state index contributed by atoms with van der Waals surface area (Å²) in [6, 6.07) is 6.88. The second-order valence-electron chi connectivity index (χ2n) is 7.37. The molecule has 2 heterocycles. The van der Waals surface area contributed by atoms with Crippen LogP contribution in [0.5, 0.6) is 0 Å². The number of hydrogen-bond acceptors (Lipinski definition) is 5. The van der Waals surface area contributed by atoms with E-state index in [1.807, 2.05) is 4.90 Å². The second-order valence-corrected chi connectivity index (χ2v) is 7.80. The van der Waals surface area contributed by atoms with Gasteiger partial charge in [-0.1, -0.05) is 21.9 Å². The van der Waals surface area contributed by atoms with Gasteiger partial charge in [-0.25, -0.2) is 4.63 Å². The molecule has 0 bridgehead atoms. The Hall–Kier alpha value is -2.41. The molecule has 27 heavy (non-hydrogen) atoms. The van der Waals surface area contributed by atoms with E-state index in [-0.39, 0.29) is 24.3 Å². The lowest BCUT2D eigenvalue weighted by molar-refractivity contribution is -0.121. The molecule has 2 atom stereocenters. The van der Waals surface area contributed by atoms with E-state index >= 15 is 0 Å². The Balaban J connectivity index is 1.42. The molecule has 1 aromatic carbocycles. The molecule has 1 aliphatic heterocycles. The topological polar surface area (TPSA) is 88.3 Å². The molecule has 1 saturated heterocycles. The van der Waals surface area contributed by atoms with Gasteiger partial charge in [-0.05, 0) is 49.9 Å². The first-order chi connectivity index (χ1) is 13.0. The number of aromatic nitrogens is 2. The van der Waals surface area contributed by atoms with Gasteiger partial charge in [-0.3, -0.25) is 9.59 Å². The number of likely N-dealkylation sites (tertiary alicyclic amines) is 1. The van der Waals surface area contributed by atoms with Crippen LogP contribution in [0.3, 0.4) is 0 Å². The summed E-state index contributed by atoms with van der Waals surface area (Å²) in [5.41, 5.74) is 1.78. The first kappa shape index (κ1) is 18.0. The van der Waals surface area contributed by atoms with Crippen molar-refractivity contribution in [1.29, 1.82) is 0 Å². The van der Waals surface area contributed by atoms with Crippen LogP contribution in [0.2, 0.25) is 5.02 Å². The summed E-state index contributed by atoms with van der Waals surface area (Å²) < 4.78 is 4.65. The Bertz CT molecular complexity index is 847. The van der Waals surface area contributed by atoms with Crippen molar-refractivity contribution >= 4 is 23.4 Å². The van der Waals surface area contributed by atoms with E-state index in [1.165, 1.54) is 0 Å². The van der Waals surface area contributed by atoms with Crippen LogP contribution < -0.4 is 5.32 Å². The standard InChI is InChI=1S/C19H21ClN4O3/c1-11-16(23-27-22-11)8-18(25)21-17-10-24(9-15(17)12-2-3-12)19(26)13-4-6-14(20)7-5-13/h4-7,12,15,17H,2-3,8-10H2,1H3,(H,21,25). The van der Waals surface area contributed by atoms with Crippen molar-refractivity contribution in [3.63, 3.8) is 0 Å². The van der Waals surface area contributed by atoms with Crippen molar-refractivity contribution in [3.05, 3.63) is 46.2 Å². The number of halogens is 1. The van der Waals surface area contributed by atoms with E-state index in [0.717, 1.165) is 12.8 Å². The van der Waals surface area contributed by atoms with Gasteiger partial charge in [-0.15, -0.1) is 0 Å². The average molecular weight is 389 g/mol. The summed E-state index contributed by atoms with van der Waals surface area (Å²) in [4.78, 5) is 27.1. The molecule has 2 aliphatic rings. The van der Waals surface area contributed by atoms with Crippen molar-refractivity contribution in [1.82, 2.24) is 20.5 Å². The van der Waals surface area contributed by atoms with Crippen LogP contribution in [0.1, 0.15) is 34.6 Å². The molecule has 7 nitrogen and oxygen atoms in total. The molecule has 0 spiro atoms. The Kier molecular flexibility index (Phi) is 4.86. The lowest BCUT2D eigenvalue weighted by Gasteiger charge is -2.18. The molecule has 8 heteroatoms. The molecule has 2 amide bonds. The van der Waals surface area contributed by atoms with Crippen LogP contribution in [-0.2, 0) is 11.2 Å². The van der Waals surface area contributed by atoms with Crippen LogP contribution in [0.25, 0.3) is 0 Å². The molecule has 142 valence electrons. The van der Waals surface area contributed by atoms with E-state index in [9.17, 15) is 9.59 Å². The molecule has 4 rings (SSSR count). The Morgan fingerprint density at radius 3 is 2.59 bits per heavy atom.